The Bertz CT molecular complexity index is 424. The molecule has 0 fully saturated rings. The molecule has 1 aromatic rings. The van der Waals surface area contributed by atoms with Gasteiger partial charge in [0.1, 0.15) is 0 Å². The third-order valence-corrected chi connectivity index (χ3v) is 3.35. The molecular formula is C15H24Cl2N2O. The van der Waals surface area contributed by atoms with Crippen LogP contribution in [0.4, 0.5) is 0 Å². The van der Waals surface area contributed by atoms with Gasteiger partial charge in [-0.1, -0.05) is 30.7 Å². The zero-order chi connectivity index (χ0) is 14.4. The maximum atomic E-state index is 12.3. The Balaban J connectivity index is 0.00000361. The quantitative estimate of drug-likeness (QED) is 0.872. The van der Waals surface area contributed by atoms with Crippen LogP contribution < -0.4 is 5.73 Å². The van der Waals surface area contributed by atoms with Crippen LogP contribution in [0.1, 0.15) is 32.8 Å². The van der Waals surface area contributed by atoms with Crippen molar-refractivity contribution in [3.05, 3.63) is 34.9 Å². The zero-order valence-electron chi connectivity index (χ0n) is 12.3. The van der Waals surface area contributed by atoms with Gasteiger partial charge in [-0.2, -0.15) is 0 Å². The fourth-order valence-electron chi connectivity index (χ4n) is 1.89. The molecule has 0 aliphatic rings. The summed E-state index contributed by atoms with van der Waals surface area (Å²) in [5.74, 6) is 0.362. The van der Waals surface area contributed by atoms with E-state index in [0.29, 0.717) is 24.5 Å². The first-order chi connectivity index (χ1) is 8.93. The lowest BCUT2D eigenvalue weighted by Gasteiger charge is -2.28. The number of amides is 1. The molecule has 0 saturated heterocycles. The summed E-state index contributed by atoms with van der Waals surface area (Å²) in [6.45, 7) is 7.17. The summed E-state index contributed by atoms with van der Waals surface area (Å²) in [6, 6.07) is 7.79. The Morgan fingerprint density at radius 1 is 1.35 bits per heavy atom. The van der Waals surface area contributed by atoms with Crippen LogP contribution in [-0.2, 0) is 11.3 Å². The number of carbonyl (C=O) groups is 1. The summed E-state index contributed by atoms with van der Waals surface area (Å²) in [7, 11) is 0. The molecule has 0 saturated carbocycles. The normalized spacial score (nSPS) is 11.9. The molecule has 2 N–H and O–H groups in total. The molecule has 0 aliphatic carbocycles. The van der Waals surface area contributed by atoms with Gasteiger partial charge in [0.2, 0.25) is 5.91 Å². The first kappa shape index (κ1) is 19.2. The van der Waals surface area contributed by atoms with Crippen molar-refractivity contribution in [1.82, 2.24) is 4.90 Å². The van der Waals surface area contributed by atoms with Gasteiger partial charge in [0.15, 0.2) is 0 Å². The molecule has 0 aliphatic heterocycles. The Hall–Kier alpha value is -0.770. The van der Waals surface area contributed by atoms with E-state index in [1.54, 1.807) is 0 Å². The Labute approximate surface area is 132 Å². The summed E-state index contributed by atoms with van der Waals surface area (Å²) >= 11 is 5.97. The predicted octanol–water partition coefficient (Wildman–Crippen LogP) is 3.48. The van der Waals surface area contributed by atoms with E-state index in [1.807, 2.05) is 49.9 Å². The topological polar surface area (TPSA) is 46.3 Å². The minimum atomic E-state index is 0. The lowest BCUT2D eigenvalue weighted by atomic mass is 10.1. The molecule has 0 spiro atoms. The second-order valence-electron chi connectivity index (χ2n) is 5.29. The first-order valence-corrected chi connectivity index (χ1v) is 7.05. The number of benzene rings is 1. The molecule has 5 heteroatoms. The summed E-state index contributed by atoms with van der Waals surface area (Å²) in [5.41, 5.74) is 6.63. The number of halogens is 2. The van der Waals surface area contributed by atoms with Gasteiger partial charge in [-0.3, -0.25) is 4.79 Å². The summed E-state index contributed by atoms with van der Waals surface area (Å²) in [4.78, 5) is 14.2. The number of rotatable bonds is 6. The van der Waals surface area contributed by atoms with Crippen LogP contribution in [0.15, 0.2) is 24.3 Å². The molecule has 1 amide bonds. The van der Waals surface area contributed by atoms with E-state index in [4.69, 9.17) is 17.3 Å². The monoisotopic (exact) mass is 318 g/mol. The van der Waals surface area contributed by atoms with Gasteiger partial charge in [0.25, 0.3) is 0 Å². The lowest BCUT2D eigenvalue weighted by Crippen LogP contribution is -2.37. The molecule has 1 atom stereocenters. The van der Waals surface area contributed by atoms with Crippen LogP contribution in [-0.4, -0.2) is 23.4 Å². The Kier molecular flexibility index (Phi) is 8.86. The van der Waals surface area contributed by atoms with Gasteiger partial charge in [0, 0.05) is 24.0 Å². The second kappa shape index (κ2) is 9.22. The Morgan fingerprint density at radius 2 is 2.00 bits per heavy atom. The average Bonchev–Trinajstić information content (AvgIpc) is 2.35. The number of hydrogen-bond acceptors (Lipinski definition) is 2. The summed E-state index contributed by atoms with van der Waals surface area (Å²) < 4.78 is 0. The van der Waals surface area contributed by atoms with Crippen LogP contribution in [0, 0.1) is 5.92 Å². The smallest absolute Gasteiger partial charge is 0.223 e. The largest absolute Gasteiger partial charge is 0.336 e. The third-order valence-electron chi connectivity index (χ3n) is 3.11. The van der Waals surface area contributed by atoms with Crippen molar-refractivity contribution in [3.8, 4) is 0 Å². The van der Waals surface area contributed by atoms with E-state index < -0.39 is 0 Å². The van der Waals surface area contributed by atoms with Crippen molar-refractivity contribution < 1.29 is 4.79 Å². The molecule has 3 nitrogen and oxygen atoms in total. The van der Waals surface area contributed by atoms with E-state index in [-0.39, 0.29) is 30.3 Å². The Morgan fingerprint density at radius 3 is 2.50 bits per heavy atom. The molecule has 114 valence electrons. The molecule has 1 unspecified atom stereocenters. The van der Waals surface area contributed by atoms with Gasteiger partial charge in [-0.05, 0) is 44.0 Å². The van der Waals surface area contributed by atoms with Gasteiger partial charge in [-0.15, -0.1) is 12.4 Å². The fourth-order valence-corrected chi connectivity index (χ4v) is 2.10. The van der Waals surface area contributed by atoms with Gasteiger partial charge >= 0.3 is 0 Å². The average molecular weight is 319 g/mol. The highest BCUT2D eigenvalue weighted by atomic mass is 35.5. The van der Waals surface area contributed by atoms with Gasteiger partial charge in [-0.25, -0.2) is 0 Å². The molecule has 20 heavy (non-hydrogen) atoms. The standard InChI is InChI=1S/C15H23ClN2O.ClH/c1-11(2)18(15(19)7-12(3)9-17)10-13-5-4-6-14(16)8-13;/h4-6,8,11-12H,7,9-10,17H2,1-3H3;1H. The molecule has 1 rings (SSSR count). The first-order valence-electron chi connectivity index (χ1n) is 6.68. The van der Waals surface area contributed by atoms with Crippen molar-refractivity contribution in [3.63, 3.8) is 0 Å². The fraction of sp³-hybridized carbons (Fsp3) is 0.533. The van der Waals surface area contributed by atoms with E-state index >= 15 is 0 Å². The van der Waals surface area contributed by atoms with Crippen LogP contribution in [0.25, 0.3) is 0 Å². The lowest BCUT2D eigenvalue weighted by molar-refractivity contribution is -0.134. The molecule has 1 aromatic carbocycles. The van der Waals surface area contributed by atoms with Crippen LogP contribution >= 0.6 is 24.0 Å². The van der Waals surface area contributed by atoms with E-state index in [9.17, 15) is 4.79 Å². The number of carbonyl (C=O) groups excluding carboxylic acids is 1. The highest BCUT2D eigenvalue weighted by molar-refractivity contribution is 6.30. The van der Waals surface area contributed by atoms with E-state index in [0.717, 1.165) is 5.56 Å². The van der Waals surface area contributed by atoms with Gasteiger partial charge < -0.3 is 10.6 Å². The molecule has 0 aromatic heterocycles. The number of hydrogen-bond donors (Lipinski definition) is 1. The van der Waals surface area contributed by atoms with Gasteiger partial charge in [0.05, 0.1) is 0 Å². The predicted molar refractivity (Wildman–Crippen MR) is 87.2 cm³/mol. The second-order valence-corrected chi connectivity index (χ2v) is 5.73. The zero-order valence-corrected chi connectivity index (χ0v) is 13.9. The molecule has 0 radical (unpaired) electrons. The molecule has 0 bridgehead atoms. The maximum Gasteiger partial charge on any atom is 0.223 e. The summed E-state index contributed by atoms with van der Waals surface area (Å²) in [5, 5.41) is 0.698. The van der Waals surface area contributed by atoms with Crippen molar-refractivity contribution >= 4 is 29.9 Å². The minimum Gasteiger partial charge on any atom is -0.336 e. The van der Waals surface area contributed by atoms with Crippen molar-refractivity contribution in [2.45, 2.75) is 39.8 Å². The maximum absolute atomic E-state index is 12.3. The van der Waals surface area contributed by atoms with Crippen molar-refractivity contribution in [2.24, 2.45) is 11.7 Å². The minimum absolute atomic E-state index is 0. The molecular weight excluding hydrogens is 295 g/mol. The van der Waals surface area contributed by atoms with E-state index in [1.165, 1.54) is 0 Å². The van der Waals surface area contributed by atoms with Crippen LogP contribution in [0.2, 0.25) is 5.02 Å². The summed E-state index contributed by atoms with van der Waals surface area (Å²) in [6.07, 6.45) is 0.495. The molecule has 0 heterocycles. The SMILES string of the molecule is CC(CN)CC(=O)N(Cc1cccc(Cl)c1)C(C)C.Cl. The van der Waals surface area contributed by atoms with Crippen LogP contribution in [0.3, 0.4) is 0 Å². The van der Waals surface area contributed by atoms with Crippen molar-refractivity contribution in [1.29, 1.82) is 0 Å². The highest BCUT2D eigenvalue weighted by Crippen LogP contribution is 2.16. The third kappa shape index (κ3) is 6.12. The van der Waals surface area contributed by atoms with Crippen LogP contribution in [0.5, 0.6) is 0 Å². The van der Waals surface area contributed by atoms with E-state index in [2.05, 4.69) is 0 Å². The van der Waals surface area contributed by atoms with Crippen molar-refractivity contribution in [2.75, 3.05) is 6.54 Å². The number of nitrogens with two attached hydrogens (primary N) is 1. The highest BCUT2D eigenvalue weighted by Gasteiger charge is 2.19. The number of nitrogens with zero attached hydrogens (tertiary/aromatic N) is 1.